The number of hydrogen-bond acceptors (Lipinski definition) is 4. The van der Waals surface area contributed by atoms with E-state index < -0.39 is 0 Å². The van der Waals surface area contributed by atoms with Crippen molar-refractivity contribution in [2.45, 2.75) is 39.4 Å². The summed E-state index contributed by atoms with van der Waals surface area (Å²) >= 11 is 0. The number of fused-ring (bicyclic) bond motifs is 2. The van der Waals surface area contributed by atoms with Gasteiger partial charge in [-0.2, -0.15) is 0 Å². The van der Waals surface area contributed by atoms with Gasteiger partial charge in [0.1, 0.15) is 11.3 Å². The molecular formula is C20H22N2O3. The molecule has 1 aliphatic rings. The quantitative estimate of drug-likeness (QED) is 0.743. The largest absolute Gasteiger partial charge is 0.508 e. The first-order valence-electron chi connectivity index (χ1n) is 8.74. The fourth-order valence-corrected chi connectivity index (χ4v) is 3.78. The van der Waals surface area contributed by atoms with Crippen molar-refractivity contribution in [2.24, 2.45) is 0 Å². The molecule has 130 valence electrons. The van der Waals surface area contributed by atoms with Gasteiger partial charge < -0.3 is 14.1 Å². The van der Waals surface area contributed by atoms with Crippen molar-refractivity contribution in [3.63, 3.8) is 0 Å². The standard InChI is InChI=1S/C20H22N2O3/c1-3-14-9-16-15(10-20(24)25-19(16)11-18(14)23)12-22-8-7-21-6-4-5-17(21)13(22)2/h4-6,9-11,13,23H,3,7-8,12H2,1-2H3/t13-/m1/s1. The van der Waals surface area contributed by atoms with E-state index in [0.29, 0.717) is 12.1 Å². The molecule has 5 nitrogen and oxygen atoms in total. The summed E-state index contributed by atoms with van der Waals surface area (Å²) in [6, 6.07) is 9.61. The summed E-state index contributed by atoms with van der Waals surface area (Å²) in [5.41, 5.74) is 3.19. The third-order valence-electron chi connectivity index (χ3n) is 5.25. The Balaban J connectivity index is 1.75. The molecule has 0 aliphatic carbocycles. The molecule has 0 spiro atoms. The second-order valence-electron chi connectivity index (χ2n) is 6.69. The van der Waals surface area contributed by atoms with Crippen LogP contribution >= 0.6 is 0 Å². The summed E-state index contributed by atoms with van der Waals surface area (Å²) in [5, 5.41) is 11.0. The summed E-state index contributed by atoms with van der Waals surface area (Å²) in [6.07, 6.45) is 2.85. The van der Waals surface area contributed by atoms with Crippen LogP contribution in [0.5, 0.6) is 5.75 Å². The minimum atomic E-state index is -0.376. The van der Waals surface area contributed by atoms with Crippen LogP contribution in [-0.4, -0.2) is 21.1 Å². The van der Waals surface area contributed by atoms with E-state index in [1.165, 1.54) is 5.69 Å². The first-order chi connectivity index (χ1) is 12.1. The topological polar surface area (TPSA) is 58.6 Å². The van der Waals surface area contributed by atoms with Crippen LogP contribution in [0.15, 0.2) is 45.7 Å². The zero-order valence-corrected chi connectivity index (χ0v) is 14.5. The average molecular weight is 338 g/mol. The summed E-state index contributed by atoms with van der Waals surface area (Å²) in [6.45, 7) is 6.77. The first kappa shape index (κ1) is 16.0. The zero-order chi connectivity index (χ0) is 17.6. The van der Waals surface area contributed by atoms with E-state index in [1.54, 1.807) is 12.1 Å². The van der Waals surface area contributed by atoms with E-state index in [4.69, 9.17) is 4.42 Å². The van der Waals surface area contributed by atoms with Gasteiger partial charge in [0.15, 0.2) is 0 Å². The number of hydrogen-bond donors (Lipinski definition) is 1. The number of aromatic hydroxyl groups is 1. The smallest absolute Gasteiger partial charge is 0.336 e. The Morgan fingerprint density at radius 2 is 2.08 bits per heavy atom. The molecular weight excluding hydrogens is 316 g/mol. The van der Waals surface area contributed by atoms with Gasteiger partial charge in [0.2, 0.25) is 0 Å². The van der Waals surface area contributed by atoms with Crippen LogP contribution in [0.3, 0.4) is 0 Å². The van der Waals surface area contributed by atoms with Crippen LogP contribution in [0.2, 0.25) is 0 Å². The van der Waals surface area contributed by atoms with Crippen LogP contribution < -0.4 is 5.63 Å². The molecule has 1 N–H and O–H groups in total. The Labute approximate surface area is 146 Å². The minimum Gasteiger partial charge on any atom is -0.508 e. The lowest BCUT2D eigenvalue weighted by Crippen LogP contribution is -2.36. The molecule has 0 saturated carbocycles. The maximum absolute atomic E-state index is 12.0. The Bertz CT molecular complexity index is 986. The van der Waals surface area contributed by atoms with Crippen LogP contribution in [0.1, 0.15) is 36.7 Å². The van der Waals surface area contributed by atoms with E-state index in [9.17, 15) is 9.90 Å². The monoisotopic (exact) mass is 338 g/mol. The third kappa shape index (κ3) is 2.74. The van der Waals surface area contributed by atoms with Gasteiger partial charge in [-0.25, -0.2) is 4.79 Å². The lowest BCUT2D eigenvalue weighted by molar-refractivity contribution is 0.161. The lowest BCUT2D eigenvalue weighted by atomic mass is 10.0. The SMILES string of the molecule is CCc1cc2c(CN3CCn4cccc4[C@H]3C)cc(=O)oc2cc1O. The van der Waals surface area contributed by atoms with Crippen molar-refractivity contribution >= 4 is 11.0 Å². The normalized spacial score (nSPS) is 17.8. The molecule has 25 heavy (non-hydrogen) atoms. The molecule has 3 aromatic rings. The van der Waals surface area contributed by atoms with Crippen molar-refractivity contribution in [1.82, 2.24) is 9.47 Å². The predicted molar refractivity (Wildman–Crippen MR) is 96.8 cm³/mol. The van der Waals surface area contributed by atoms with Crippen molar-refractivity contribution < 1.29 is 9.52 Å². The van der Waals surface area contributed by atoms with E-state index in [-0.39, 0.29) is 17.4 Å². The van der Waals surface area contributed by atoms with Gasteiger partial charge >= 0.3 is 5.63 Å². The van der Waals surface area contributed by atoms with Gasteiger partial charge in [0, 0.05) is 55.1 Å². The Kier molecular flexibility index (Phi) is 3.88. The lowest BCUT2D eigenvalue weighted by Gasteiger charge is -2.35. The number of phenols is 1. The van der Waals surface area contributed by atoms with Gasteiger partial charge in [-0.15, -0.1) is 0 Å². The number of phenolic OH excluding ortho intramolecular Hbond substituents is 1. The number of benzene rings is 1. The maximum atomic E-state index is 12.0. The summed E-state index contributed by atoms with van der Waals surface area (Å²) in [5.74, 6) is 0.180. The number of nitrogens with zero attached hydrogens (tertiary/aromatic N) is 2. The van der Waals surface area contributed by atoms with Crippen molar-refractivity contribution in [2.75, 3.05) is 6.54 Å². The molecule has 0 fully saturated rings. The Morgan fingerprint density at radius 1 is 1.24 bits per heavy atom. The molecule has 0 unspecified atom stereocenters. The molecule has 1 aliphatic heterocycles. The molecule has 0 radical (unpaired) electrons. The van der Waals surface area contributed by atoms with Crippen molar-refractivity contribution in [3.05, 3.63) is 63.8 Å². The highest BCUT2D eigenvalue weighted by molar-refractivity contribution is 5.82. The van der Waals surface area contributed by atoms with E-state index in [0.717, 1.165) is 36.0 Å². The van der Waals surface area contributed by atoms with Crippen LogP contribution in [-0.2, 0) is 19.5 Å². The number of aryl methyl sites for hydroxylation is 1. The minimum absolute atomic E-state index is 0.180. The highest BCUT2D eigenvalue weighted by atomic mass is 16.4. The second kappa shape index (κ2) is 6.08. The van der Waals surface area contributed by atoms with Crippen molar-refractivity contribution in [3.8, 4) is 5.75 Å². The van der Waals surface area contributed by atoms with Gasteiger partial charge in [0.25, 0.3) is 0 Å². The van der Waals surface area contributed by atoms with E-state index in [1.807, 2.05) is 13.0 Å². The van der Waals surface area contributed by atoms with Crippen LogP contribution in [0.4, 0.5) is 0 Å². The summed E-state index contributed by atoms with van der Waals surface area (Å²) in [7, 11) is 0. The van der Waals surface area contributed by atoms with Crippen molar-refractivity contribution in [1.29, 1.82) is 0 Å². The second-order valence-corrected chi connectivity index (χ2v) is 6.69. The third-order valence-corrected chi connectivity index (χ3v) is 5.25. The molecule has 2 aromatic heterocycles. The molecule has 3 heterocycles. The molecule has 1 aromatic carbocycles. The number of rotatable bonds is 3. The fraction of sp³-hybridized carbons (Fsp3) is 0.350. The van der Waals surface area contributed by atoms with E-state index in [2.05, 4.69) is 34.7 Å². The predicted octanol–water partition coefficient (Wildman–Crippen LogP) is 3.44. The van der Waals surface area contributed by atoms with E-state index >= 15 is 0 Å². The zero-order valence-electron chi connectivity index (χ0n) is 14.5. The van der Waals surface area contributed by atoms with Gasteiger partial charge in [0.05, 0.1) is 0 Å². The molecule has 0 amide bonds. The molecule has 5 heteroatoms. The number of aromatic nitrogens is 1. The van der Waals surface area contributed by atoms with Gasteiger partial charge in [-0.3, -0.25) is 4.90 Å². The van der Waals surface area contributed by atoms with Crippen LogP contribution in [0.25, 0.3) is 11.0 Å². The van der Waals surface area contributed by atoms with Gasteiger partial charge in [-0.05, 0) is 42.7 Å². The highest BCUT2D eigenvalue weighted by Gasteiger charge is 2.24. The molecule has 0 saturated heterocycles. The average Bonchev–Trinajstić information content (AvgIpc) is 3.06. The molecule has 4 rings (SSSR count). The fourth-order valence-electron chi connectivity index (χ4n) is 3.78. The molecule has 0 bridgehead atoms. The van der Waals surface area contributed by atoms with Gasteiger partial charge in [-0.1, -0.05) is 6.92 Å². The molecule has 1 atom stereocenters. The Morgan fingerprint density at radius 3 is 2.88 bits per heavy atom. The summed E-state index contributed by atoms with van der Waals surface area (Å²) < 4.78 is 7.59. The highest BCUT2D eigenvalue weighted by Crippen LogP contribution is 2.31. The first-order valence-corrected chi connectivity index (χ1v) is 8.74. The van der Waals surface area contributed by atoms with Crippen LogP contribution in [0, 0.1) is 0 Å². The maximum Gasteiger partial charge on any atom is 0.336 e. The Hall–Kier alpha value is -2.53. The summed E-state index contributed by atoms with van der Waals surface area (Å²) in [4.78, 5) is 14.4.